The van der Waals surface area contributed by atoms with Crippen LogP contribution in [-0.4, -0.2) is 22.8 Å². The topological polar surface area (TPSA) is 57.5 Å². The van der Waals surface area contributed by atoms with Crippen LogP contribution < -0.4 is 0 Å². The van der Waals surface area contributed by atoms with Crippen LogP contribution in [-0.2, 0) is 0 Å². The number of hydrogen-bond acceptors (Lipinski definition) is 2. The Labute approximate surface area is 129 Å². The van der Waals surface area contributed by atoms with Crippen LogP contribution in [0.15, 0.2) is 30.3 Å². The normalized spacial score (nSPS) is 9.81. The maximum Gasteiger partial charge on any atom is 0.335 e. The van der Waals surface area contributed by atoms with Gasteiger partial charge in [0.15, 0.2) is 0 Å². The molecule has 3 nitrogen and oxygen atoms in total. The molecule has 0 spiro atoms. The van der Waals surface area contributed by atoms with Gasteiger partial charge < -0.3 is 10.2 Å². The summed E-state index contributed by atoms with van der Waals surface area (Å²) in [4.78, 5) is 10.2. The molecule has 0 heterocycles. The standard InChI is InChI=1S/C11H24O.C7H6O2/c1-2-3-4-5-6-7-8-9-10-11-12;8-7(9)6-4-2-1-3-5-6/h12H,2-11H2,1H3;1-5H,(H,8,9). The molecule has 0 aromatic heterocycles. The van der Waals surface area contributed by atoms with E-state index >= 15 is 0 Å². The van der Waals surface area contributed by atoms with Crippen molar-refractivity contribution in [3.05, 3.63) is 35.9 Å². The predicted octanol–water partition coefficient (Wildman–Crippen LogP) is 4.89. The predicted molar refractivity (Wildman–Crippen MR) is 87.7 cm³/mol. The molecule has 0 saturated heterocycles. The van der Waals surface area contributed by atoms with Crippen molar-refractivity contribution in [1.82, 2.24) is 0 Å². The van der Waals surface area contributed by atoms with Gasteiger partial charge in [0.2, 0.25) is 0 Å². The fraction of sp³-hybridized carbons (Fsp3) is 0.611. The molecule has 0 aliphatic heterocycles. The van der Waals surface area contributed by atoms with Crippen molar-refractivity contribution in [1.29, 1.82) is 0 Å². The quantitative estimate of drug-likeness (QED) is 0.604. The zero-order valence-electron chi connectivity index (χ0n) is 13.3. The van der Waals surface area contributed by atoms with E-state index in [1.165, 1.54) is 51.4 Å². The molecule has 1 rings (SSSR count). The second-order valence-corrected chi connectivity index (χ2v) is 5.22. The Morgan fingerprint density at radius 1 is 0.857 bits per heavy atom. The zero-order chi connectivity index (χ0) is 15.8. The first-order valence-corrected chi connectivity index (χ1v) is 8.11. The number of rotatable bonds is 10. The van der Waals surface area contributed by atoms with Gasteiger partial charge in [0.05, 0.1) is 5.56 Å². The van der Waals surface area contributed by atoms with E-state index in [0.717, 1.165) is 6.42 Å². The number of hydrogen-bond donors (Lipinski definition) is 2. The summed E-state index contributed by atoms with van der Waals surface area (Å²) in [7, 11) is 0. The molecule has 0 fully saturated rings. The Morgan fingerprint density at radius 3 is 1.71 bits per heavy atom. The van der Waals surface area contributed by atoms with E-state index < -0.39 is 5.97 Å². The van der Waals surface area contributed by atoms with Crippen LogP contribution in [0, 0.1) is 0 Å². The number of aliphatic hydroxyl groups is 1. The fourth-order valence-corrected chi connectivity index (χ4v) is 2.00. The Bertz CT molecular complexity index is 326. The highest BCUT2D eigenvalue weighted by molar-refractivity contribution is 5.87. The molecule has 1 aromatic carbocycles. The molecule has 21 heavy (non-hydrogen) atoms. The molecule has 120 valence electrons. The third-order valence-corrected chi connectivity index (χ3v) is 3.28. The highest BCUT2D eigenvalue weighted by Gasteiger charge is 1.96. The van der Waals surface area contributed by atoms with E-state index in [2.05, 4.69) is 6.92 Å². The average molecular weight is 294 g/mol. The van der Waals surface area contributed by atoms with Crippen molar-refractivity contribution in [2.45, 2.75) is 64.7 Å². The summed E-state index contributed by atoms with van der Waals surface area (Å²) in [5.41, 5.74) is 0.331. The summed E-state index contributed by atoms with van der Waals surface area (Å²) in [6.45, 7) is 2.62. The highest BCUT2D eigenvalue weighted by atomic mass is 16.4. The third kappa shape index (κ3) is 13.4. The minimum Gasteiger partial charge on any atom is -0.478 e. The van der Waals surface area contributed by atoms with E-state index in [1.807, 2.05) is 0 Å². The van der Waals surface area contributed by atoms with Gasteiger partial charge in [-0.05, 0) is 18.6 Å². The molecular weight excluding hydrogens is 264 g/mol. The molecule has 0 bridgehead atoms. The summed E-state index contributed by atoms with van der Waals surface area (Å²) in [5.74, 6) is -0.879. The van der Waals surface area contributed by atoms with Crippen LogP contribution in [0.2, 0.25) is 0 Å². The van der Waals surface area contributed by atoms with Crippen LogP contribution >= 0.6 is 0 Å². The Hall–Kier alpha value is -1.35. The lowest BCUT2D eigenvalue weighted by Gasteiger charge is -1.99. The minimum atomic E-state index is -0.879. The molecule has 0 unspecified atom stereocenters. The van der Waals surface area contributed by atoms with Gasteiger partial charge in [-0.25, -0.2) is 4.79 Å². The molecule has 0 radical (unpaired) electrons. The van der Waals surface area contributed by atoms with Gasteiger partial charge in [0.1, 0.15) is 0 Å². The molecule has 0 amide bonds. The van der Waals surface area contributed by atoms with E-state index in [0.29, 0.717) is 12.2 Å². The minimum absolute atomic E-state index is 0.331. The van der Waals surface area contributed by atoms with Crippen molar-refractivity contribution in [3.63, 3.8) is 0 Å². The number of carbonyl (C=O) groups is 1. The highest BCUT2D eigenvalue weighted by Crippen LogP contribution is 2.08. The number of carboxylic acids is 1. The second-order valence-electron chi connectivity index (χ2n) is 5.22. The number of benzene rings is 1. The van der Waals surface area contributed by atoms with Crippen molar-refractivity contribution in [2.75, 3.05) is 6.61 Å². The van der Waals surface area contributed by atoms with Crippen molar-refractivity contribution < 1.29 is 15.0 Å². The van der Waals surface area contributed by atoms with Gasteiger partial charge in [0, 0.05) is 6.61 Å². The van der Waals surface area contributed by atoms with E-state index in [-0.39, 0.29) is 0 Å². The van der Waals surface area contributed by atoms with Crippen LogP contribution in [0.3, 0.4) is 0 Å². The van der Waals surface area contributed by atoms with Crippen molar-refractivity contribution in [3.8, 4) is 0 Å². The first-order chi connectivity index (χ1) is 10.2. The lowest BCUT2D eigenvalue weighted by atomic mass is 10.1. The van der Waals surface area contributed by atoms with Crippen LogP contribution in [0.25, 0.3) is 0 Å². The van der Waals surface area contributed by atoms with Gasteiger partial charge in [-0.3, -0.25) is 0 Å². The second kappa shape index (κ2) is 15.0. The van der Waals surface area contributed by atoms with Crippen molar-refractivity contribution >= 4 is 5.97 Å². The fourth-order valence-electron chi connectivity index (χ4n) is 2.00. The SMILES string of the molecule is CCCCCCCCCCCO.O=C(O)c1ccccc1. The van der Waals surface area contributed by atoms with Crippen LogP contribution in [0.4, 0.5) is 0 Å². The van der Waals surface area contributed by atoms with Gasteiger partial charge in [-0.2, -0.15) is 0 Å². The van der Waals surface area contributed by atoms with Gasteiger partial charge in [0.25, 0.3) is 0 Å². The summed E-state index contributed by atoms with van der Waals surface area (Å²) < 4.78 is 0. The van der Waals surface area contributed by atoms with E-state index in [1.54, 1.807) is 30.3 Å². The summed E-state index contributed by atoms with van der Waals surface area (Å²) >= 11 is 0. The molecular formula is C18H30O3. The molecule has 2 N–H and O–H groups in total. The largest absolute Gasteiger partial charge is 0.478 e. The molecule has 0 atom stereocenters. The Morgan fingerprint density at radius 2 is 1.33 bits per heavy atom. The Balaban J connectivity index is 0.000000394. The maximum absolute atomic E-state index is 10.2. The van der Waals surface area contributed by atoms with E-state index in [9.17, 15) is 4.79 Å². The maximum atomic E-state index is 10.2. The first kappa shape index (κ1) is 19.7. The van der Waals surface area contributed by atoms with Crippen LogP contribution in [0.5, 0.6) is 0 Å². The van der Waals surface area contributed by atoms with E-state index in [4.69, 9.17) is 10.2 Å². The smallest absolute Gasteiger partial charge is 0.335 e. The molecule has 1 aromatic rings. The van der Waals surface area contributed by atoms with Crippen molar-refractivity contribution in [2.24, 2.45) is 0 Å². The summed E-state index contributed by atoms with van der Waals surface area (Å²) in [6, 6.07) is 8.30. The number of aliphatic hydroxyl groups excluding tert-OH is 1. The lowest BCUT2D eigenvalue weighted by Crippen LogP contribution is -1.93. The summed E-state index contributed by atoms with van der Waals surface area (Å²) in [5, 5.41) is 16.9. The van der Waals surface area contributed by atoms with Gasteiger partial charge >= 0.3 is 5.97 Å². The van der Waals surface area contributed by atoms with Crippen LogP contribution in [0.1, 0.15) is 75.1 Å². The zero-order valence-corrected chi connectivity index (χ0v) is 13.3. The molecule has 3 heteroatoms. The summed E-state index contributed by atoms with van der Waals surface area (Å²) in [6.07, 6.45) is 11.8. The number of carboxylic acid groups (broad SMARTS) is 1. The number of unbranched alkanes of at least 4 members (excludes halogenated alkanes) is 8. The molecule has 0 aliphatic carbocycles. The van der Waals surface area contributed by atoms with Gasteiger partial charge in [-0.15, -0.1) is 0 Å². The molecule has 0 saturated carbocycles. The third-order valence-electron chi connectivity index (χ3n) is 3.28. The van der Waals surface area contributed by atoms with Gasteiger partial charge in [-0.1, -0.05) is 76.5 Å². The average Bonchev–Trinajstić information content (AvgIpc) is 2.51. The first-order valence-electron chi connectivity index (χ1n) is 8.11. The lowest BCUT2D eigenvalue weighted by molar-refractivity contribution is 0.0697. The monoisotopic (exact) mass is 294 g/mol. The number of aromatic carboxylic acids is 1. The Kier molecular flexibility index (Phi) is 14.1. The molecule has 0 aliphatic rings.